The molecule has 17 heavy (non-hydrogen) atoms. The zero-order valence-electron chi connectivity index (χ0n) is 12.3. The van der Waals surface area contributed by atoms with E-state index in [2.05, 4.69) is 33.0 Å². The molecule has 2 aliphatic rings. The summed E-state index contributed by atoms with van der Waals surface area (Å²) in [5.41, 5.74) is 0.760. The van der Waals surface area contributed by atoms with E-state index in [-0.39, 0.29) is 0 Å². The molecule has 0 bridgehead atoms. The monoisotopic (exact) mass is 237 g/mol. The average molecular weight is 237 g/mol. The minimum absolute atomic E-state index is 0.760. The highest BCUT2D eigenvalue weighted by molar-refractivity contribution is 5.08. The van der Waals surface area contributed by atoms with Crippen molar-refractivity contribution in [3.8, 4) is 0 Å². The van der Waals surface area contributed by atoms with E-state index in [1.165, 1.54) is 45.2 Å². The lowest BCUT2D eigenvalue weighted by molar-refractivity contribution is 0.141. The largest absolute Gasteiger partial charge is 0.316 e. The smallest absolute Gasteiger partial charge is 0.00148 e. The molecule has 100 valence electrons. The Balaban J connectivity index is 1.83. The molecule has 0 radical (unpaired) electrons. The normalized spacial score (nSPS) is 37.1. The third kappa shape index (κ3) is 2.86. The molecule has 0 aromatic carbocycles. The van der Waals surface area contributed by atoms with Crippen molar-refractivity contribution < 1.29 is 0 Å². The van der Waals surface area contributed by atoms with Crippen molar-refractivity contribution in [1.82, 2.24) is 5.32 Å². The topological polar surface area (TPSA) is 12.0 Å². The van der Waals surface area contributed by atoms with Crippen LogP contribution in [0.25, 0.3) is 0 Å². The molecule has 2 rings (SSSR count). The van der Waals surface area contributed by atoms with Crippen molar-refractivity contribution in [1.29, 1.82) is 0 Å². The van der Waals surface area contributed by atoms with E-state index < -0.39 is 0 Å². The van der Waals surface area contributed by atoms with Crippen LogP contribution in [-0.2, 0) is 0 Å². The van der Waals surface area contributed by atoms with Gasteiger partial charge in [0.2, 0.25) is 0 Å². The Bertz CT molecular complexity index is 246. The fourth-order valence-corrected chi connectivity index (χ4v) is 4.27. The van der Waals surface area contributed by atoms with E-state index in [1.807, 2.05) is 0 Å². The molecule has 2 saturated carbocycles. The third-order valence-corrected chi connectivity index (χ3v) is 5.17. The zero-order chi connectivity index (χ0) is 12.5. The van der Waals surface area contributed by atoms with Crippen LogP contribution in [0.15, 0.2) is 0 Å². The summed E-state index contributed by atoms with van der Waals surface area (Å²) in [7, 11) is 0. The number of nitrogens with one attached hydrogen (secondary N) is 1. The van der Waals surface area contributed by atoms with E-state index in [0.29, 0.717) is 0 Å². The molecular formula is C16H31N. The Labute approximate surface area is 108 Å². The summed E-state index contributed by atoms with van der Waals surface area (Å²) in [6.45, 7) is 11.9. The second kappa shape index (κ2) is 5.30. The second-order valence-corrected chi connectivity index (χ2v) is 7.28. The van der Waals surface area contributed by atoms with E-state index in [1.54, 1.807) is 0 Å². The van der Waals surface area contributed by atoms with Crippen LogP contribution in [0.1, 0.15) is 59.8 Å². The van der Waals surface area contributed by atoms with Gasteiger partial charge in [0.05, 0.1) is 0 Å². The van der Waals surface area contributed by atoms with Gasteiger partial charge in [0.1, 0.15) is 0 Å². The number of hydrogen-bond donors (Lipinski definition) is 1. The highest BCUT2D eigenvalue weighted by Gasteiger charge is 2.58. The summed E-state index contributed by atoms with van der Waals surface area (Å²) in [6, 6.07) is 0. The van der Waals surface area contributed by atoms with Gasteiger partial charge in [-0.25, -0.2) is 0 Å². The van der Waals surface area contributed by atoms with Crippen molar-refractivity contribution in [2.24, 2.45) is 29.1 Å². The van der Waals surface area contributed by atoms with Gasteiger partial charge in [-0.1, -0.05) is 40.5 Å². The van der Waals surface area contributed by atoms with Gasteiger partial charge >= 0.3 is 0 Å². The predicted octanol–water partition coefficient (Wildman–Crippen LogP) is 4.08. The highest BCUT2D eigenvalue weighted by atomic mass is 14.9. The Morgan fingerprint density at radius 1 is 1.18 bits per heavy atom. The summed E-state index contributed by atoms with van der Waals surface area (Å²) in [4.78, 5) is 0. The summed E-state index contributed by atoms with van der Waals surface area (Å²) in [6.07, 6.45) is 7.50. The summed E-state index contributed by atoms with van der Waals surface area (Å²) < 4.78 is 0. The Hall–Kier alpha value is -0.0400. The van der Waals surface area contributed by atoms with Crippen molar-refractivity contribution in [2.75, 3.05) is 13.1 Å². The van der Waals surface area contributed by atoms with Gasteiger partial charge in [-0.3, -0.25) is 0 Å². The fraction of sp³-hybridized carbons (Fsp3) is 1.00. The van der Waals surface area contributed by atoms with E-state index in [0.717, 1.165) is 29.1 Å². The standard InChI is InChI=1S/C16H31N/c1-12(2)10-17-11-14-9-16(14)8-6-5-7-15(16)13(3)4/h12-15,17H,5-11H2,1-4H3. The maximum atomic E-state index is 3.68. The summed E-state index contributed by atoms with van der Waals surface area (Å²) in [5.74, 6) is 3.69. The lowest BCUT2D eigenvalue weighted by Gasteiger charge is -2.36. The van der Waals surface area contributed by atoms with Gasteiger partial charge in [0.15, 0.2) is 0 Å². The lowest BCUT2D eigenvalue weighted by Crippen LogP contribution is -2.31. The van der Waals surface area contributed by atoms with Gasteiger partial charge in [-0.15, -0.1) is 0 Å². The molecule has 0 aromatic heterocycles. The van der Waals surface area contributed by atoms with Crippen LogP contribution in [0.5, 0.6) is 0 Å². The molecular weight excluding hydrogens is 206 g/mol. The van der Waals surface area contributed by atoms with E-state index in [4.69, 9.17) is 0 Å². The van der Waals surface area contributed by atoms with Crippen LogP contribution in [-0.4, -0.2) is 13.1 Å². The van der Waals surface area contributed by atoms with Crippen molar-refractivity contribution >= 4 is 0 Å². The van der Waals surface area contributed by atoms with Crippen molar-refractivity contribution in [3.05, 3.63) is 0 Å². The van der Waals surface area contributed by atoms with Gasteiger partial charge in [0, 0.05) is 0 Å². The first-order chi connectivity index (χ1) is 8.06. The number of hydrogen-bond acceptors (Lipinski definition) is 1. The molecule has 1 N–H and O–H groups in total. The molecule has 0 heterocycles. The molecule has 2 aliphatic carbocycles. The molecule has 1 spiro atoms. The quantitative estimate of drug-likeness (QED) is 0.759. The zero-order valence-corrected chi connectivity index (χ0v) is 12.3. The van der Waals surface area contributed by atoms with Gasteiger partial charge in [-0.2, -0.15) is 0 Å². The number of rotatable bonds is 5. The average Bonchev–Trinajstić information content (AvgIpc) is 2.91. The fourth-order valence-electron chi connectivity index (χ4n) is 4.27. The third-order valence-electron chi connectivity index (χ3n) is 5.17. The first-order valence-electron chi connectivity index (χ1n) is 7.77. The first-order valence-corrected chi connectivity index (χ1v) is 7.77. The highest BCUT2D eigenvalue weighted by Crippen LogP contribution is 2.65. The molecule has 0 aliphatic heterocycles. The van der Waals surface area contributed by atoms with Crippen molar-refractivity contribution in [2.45, 2.75) is 59.8 Å². The molecule has 2 fully saturated rings. The molecule has 1 heteroatoms. The van der Waals surface area contributed by atoms with Crippen molar-refractivity contribution in [3.63, 3.8) is 0 Å². The van der Waals surface area contributed by atoms with E-state index in [9.17, 15) is 0 Å². The van der Waals surface area contributed by atoms with Crippen LogP contribution < -0.4 is 5.32 Å². The van der Waals surface area contributed by atoms with Crippen LogP contribution in [0.3, 0.4) is 0 Å². The second-order valence-electron chi connectivity index (χ2n) is 7.28. The molecule has 3 atom stereocenters. The van der Waals surface area contributed by atoms with E-state index >= 15 is 0 Å². The van der Waals surface area contributed by atoms with Crippen LogP contribution in [0, 0.1) is 29.1 Å². The lowest BCUT2D eigenvalue weighted by atomic mass is 9.70. The molecule has 3 unspecified atom stereocenters. The molecule has 0 saturated heterocycles. The Morgan fingerprint density at radius 2 is 1.94 bits per heavy atom. The maximum Gasteiger partial charge on any atom is -0.00148 e. The predicted molar refractivity (Wildman–Crippen MR) is 75.0 cm³/mol. The first kappa shape index (κ1) is 13.4. The molecule has 0 amide bonds. The minimum atomic E-state index is 0.760. The van der Waals surface area contributed by atoms with Crippen LogP contribution >= 0.6 is 0 Å². The van der Waals surface area contributed by atoms with Gasteiger partial charge < -0.3 is 5.32 Å². The van der Waals surface area contributed by atoms with Gasteiger partial charge in [-0.05, 0) is 61.4 Å². The minimum Gasteiger partial charge on any atom is -0.316 e. The van der Waals surface area contributed by atoms with Crippen LogP contribution in [0.4, 0.5) is 0 Å². The van der Waals surface area contributed by atoms with Gasteiger partial charge in [0.25, 0.3) is 0 Å². The summed E-state index contributed by atoms with van der Waals surface area (Å²) >= 11 is 0. The maximum absolute atomic E-state index is 3.68. The Kier molecular flexibility index (Phi) is 4.18. The SMILES string of the molecule is CC(C)CNCC1CC12CCCCC2C(C)C. The molecule has 1 nitrogen and oxygen atoms in total. The van der Waals surface area contributed by atoms with Crippen LogP contribution in [0.2, 0.25) is 0 Å². The molecule has 0 aromatic rings. The Morgan fingerprint density at radius 3 is 2.59 bits per heavy atom. The summed E-state index contributed by atoms with van der Waals surface area (Å²) in [5, 5.41) is 3.68.